The number of carbonyl (C=O) groups is 1. The molecular formula is C13H17F3N4O2. The molecule has 0 N–H and O–H groups in total. The third-order valence-electron chi connectivity index (χ3n) is 3.19. The molecule has 1 saturated heterocycles. The van der Waals surface area contributed by atoms with Crippen molar-refractivity contribution in [2.24, 2.45) is 0 Å². The molecule has 1 amide bonds. The highest BCUT2D eigenvalue weighted by atomic mass is 19.4. The van der Waals surface area contributed by atoms with Gasteiger partial charge in [-0.05, 0) is 0 Å². The summed E-state index contributed by atoms with van der Waals surface area (Å²) in [5.74, 6) is -0.0199. The highest BCUT2D eigenvalue weighted by molar-refractivity contribution is 5.77. The van der Waals surface area contributed by atoms with Gasteiger partial charge in [0.2, 0.25) is 11.8 Å². The lowest BCUT2D eigenvalue weighted by Gasteiger charge is -2.18. The van der Waals surface area contributed by atoms with Crippen LogP contribution in [0.25, 0.3) is 0 Å². The van der Waals surface area contributed by atoms with Gasteiger partial charge in [-0.25, -0.2) is 0 Å². The Hall–Kier alpha value is -2.06. The fourth-order valence-corrected chi connectivity index (χ4v) is 2.12. The standard InChI is InChI=1S/C13H17F3N4O2/c1-19(2)10-6-17-7-11(18-10)22-9-3-4-20(8-9)12(21)5-13(14,15)16/h6-7,9H,3-5,8H2,1-2H3. The Morgan fingerprint density at radius 1 is 1.45 bits per heavy atom. The van der Waals surface area contributed by atoms with Crippen molar-refractivity contribution in [2.45, 2.75) is 25.1 Å². The van der Waals surface area contributed by atoms with Crippen LogP contribution in [-0.2, 0) is 4.79 Å². The van der Waals surface area contributed by atoms with Crippen LogP contribution in [0.1, 0.15) is 12.8 Å². The van der Waals surface area contributed by atoms with Gasteiger partial charge in [0.15, 0.2) is 5.82 Å². The van der Waals surface area contributed by atoms with Crippen LogP contribution in [0.4, 0.5) is 19.0 Å². The predicted octanol–water partition coefficient (Wildman–Crippen LogP) is 1.47. The number of rotatable bonds is 4. The normalized spacial score (nSPS) is 18.4. The molecule has 1 atom stereocenters. The lowest BCUT2D eigenvalue weighted by Crippen LogP contribution is -2.34. The number of hydrogen-bond donors (Lipinski definition) is 0. The molecule has 0 aromatic carbocycles. The number of likely N-dealkylation sites (tertiary alicyclic amines) is 1. The zero-order valence-corrected chi connectivity index (χ0v) is 12.3. The van der Waals surface area contributed by atoms with Crippen molar-refractivity contribution >= 4 is 11.7 Å². The predicted molar refractivity (Wildman–Crippen MR) is 72.6 cm³/mol. The Bertz CT molecular complexity index is 536. The summed E-state index contributed by atoms with van der Waals surface area (Å²) in [6.07, 6.45) is -2.81. The van der Waals surface area contributed by atoms with Gasteiger partial charge in [-0.1, -0.05) is 0 Å². The number of aromatic nitrogens is 2. The largest absolute Gasteiger partial charge is 0.471 e. The van der Waals surface area contributed by atoms with Crippen molar-refractivity contribution in [3.05, 3.63) is 12.4 Å². The van der Waals surface area contributed by atoms with E-state index >= 15 is 0 Å². The van der Waals surface area contributed by atoms with Gasteiger partial charge in [0, 0.05) is 27.1 Å². The first-order valence-corrected chi connectivity index (χ1v) is 6.75. The van der Waals surface area contributed by atoms with Gasteiger partial charge in [-0.15, -0.1) is 0 Å². The summed E-state index contributed by atoms with van der Waals surface area (Å²) in [6, 6.07) is 0. The van der Waals surface area contributed by atoms with E-state index in [9.17, 15) is 18.0 Å². The van der Waals surface area contributed by atoms with E-state index in [0.717, 1.165) is 0 Å². The van der Waals surface area contributed by atoms with Crippen LogP contribution in [0.15, 0.2) is 12.4 Å². The molecule has 0 bridgehead atoms. The second-order valence-electron chi connectivity index (χ2n) is 5.27. The second kappa shape index (κ2) is 6.37. The quantitative estimate of drug-likeness (QED) is 0.841. The molecular weight excluding hydrogens is 301 g/mol. The molecule has 1 aliphatic heterocycles. The van der Waals surface area contributed by atoms with Gasteiger partial charge in [0.1, 0.15) is 12.5 Å². The Morgan fingerprint density at radius 2 is 2.18 bits per heavy atom. The van der Waals surface area contributed by atoms with Gasteiger partial charge in [0.05, 0.1) is 18.9 Å². The van der Waals surface area contributed by atoms with Gasteiger partial charge in [0.25, 0.3) is 0 Å². The molecule has 1 aliphatic rings. The second-order valence-corrected chi connectivity index (χ2v) is 5.27. The lowest BCUT2D eigenvalue weighted by atomic mass is 10.3. The van der Waals surface area contributed by atoms with Crippen LogP contribution in [0.2, 0.25) is 0 Å². The van der Waals surface area contributed by atoms with Crippen LogP contribution >= 0.6 is 0 Å². The first-order valence-electron chi connectivity index (χ1n) is 6.75. The summed E-state index contributed by atoms with van der Waals surface area (Å²) in [6.45, 7) is 0.378. The van der Waals surface area contributed by atoms with Crippen LogP contribution in [0, 0.1) is 0 Å². The fourth-order valence-electron chi connectivity index (χ4n) is 2.12. The van der Waals surface area contributed by atoms with Crippen molar-refractivity contribution in [1.29, 1.82) is 0 Å². The summed E-state index contributed by atoms with van der Waals surface area (Å²) in [4.78, 5) is 22.7. The topological polar surface area (TPSA) is 58.6 Å². The summed E-state index contributed by atoms with van der Waals surface area (Å²) < 4.78 is 42.3. The van der Waals surface area contributed by atoms with Gasteiger partial charge in [-0.3, -0.25) is 9.78 Å². The SMILES string of the molecule is CN(C)c1cncc(OC2CCN(C(=O)CC(F)(F)F)C2)n1. The maximum absolute atomic E-state index is 12.2. The molecule has 1 unspecified atom stereocenters. The molecule has 0 saturated carbocycles. The van der Waals surface area contributed by atoms with Crippen LogP contribution in [-0.4, -0.2) is 60.2 Å². The number of anilines is 1. The van der Waals surface area contributed by atoms with Crippen molar-refractivity contribution < 1.29 is 22.7 Å². The van der Waals surface area contributed by atoms with Crippen molar-refractivity contribution in [1.82, 2.24) is 14.9 Å². The summed E-state index contributed by atoms with van der Waals surface area (Å²) >= 11 is 0. The lowest BCUT2D eigenvalue weighted by molar-refractivity contribution is -0.160. The van der Waals surface area contributed by atoms with Gasteiger partial charge in [-0.2, -0.15) is 18.2 Å². The third-order valence-corrected chi connectivity index (χ3v) is 3.19. The fraction of sp³-hybridized carbons (Fsp3) is 0.615. The summed E-state index contributed by atoms with van der Waals surface area (Å²) in [5.41, 5.74) is 0. The minimum atomic E-state index is -4.48. The zero-order chi connectivity index (χ0) is 16.3. The van der Waals surface area contributed by atoms with Crippen molar-refractivity contribution in [2.75, 3.05) is 32.1 Å². The minimum Gasteiger partial charge on any atom is -0.471 e. The molecule has 1 aromatic heterocycles. The Morgan fingerprint density at radius 3 is 2.82 bits per heavy atom. The molecule has 22 heavy (non-hydrogen) atoms. The summed E-state index contributed by atoms with van der Waals surface area (Å²) in [7, 11) is 3.61. The Balaban J connectivity index is 1.91. The molecule has 2 heterocycles. The highest BCUT2D eigenvalue weighted by Gasteiger charge is 2.36. The third kappa shape index (κ3) is 4.47. The van der Waals surface area contributed by atoms with E-state index in [1.807, 2.05) is 0 Å². The number of halogens is 3. The monoisotopic (exact) mass is 318 g/mol. The number of hydrogen-bond acceptors (Lipinski definition) is 5. The molecule has 122 valence electrons. The minimum absolute atomic E-state index is 0.128. The molecule has 2 rings (SSSR count). The molecule has 1 aromatic rings. The number of alkyl halides is 3. The van der Waals surface area contributed by atoms with Crippen molar-refractivity contribution in [3.8, 4) is 5.88 Å². The van der Waals surface area contributed by atoms with E-state index in [-0.39, 0.29) is 19.2 Å². The maximum Gasteiger partial charge on any atom is 0.397 e. The average Bonchev–Trinajstić information content (AvgIpc) is 2.85. The van der Waals surface area contributed by atoms with Gasteiger partial charge < -0.3 is 14.5 Å². The molecule has 0 spiro atoms. The summed E-state index contributed by atoms with van der Waals surface area (Å²) in [5, 5.41) is 0. The number of nitrogens with zero attached hydrogens (tertiary/aromatic N) is 4. The Labute approximate surface area is 125 Å². The van der Waals surface area contributed by atoms with Crippen molar-refractivity contribution in [3.63, 3.8) is 0 Å². The van der Waals surface area contributed by atoms with E-state index in [2.05, 4.69) is 9.97 Å². The molecule has 0 radical (unpaired) electrons. The zero-order valence-electron chi connectivity index (χ0n) is 12.3. The number of ether oxygens (including phenoxy) is 1. The van der Waals surface area contributed by atoms with Crippen LogP contribution in [0.5, 0.6) is 5.88 Å². The molecule has 1 fully saturated rings. The molecule has 6 nitrogen and oxygen atoms in total. The van der Waals surface area contributed by atoms with E-state index in [0.29, 0.717) is 18.1 Å². The van der Waals surface area contributed by atoms with E-state index in [1.54, 1.807) is 25.2 Å². The first kappa shape index (κ1) is 16.3. The average molecular weight is 318 g/mol. The smallest absolute Gasteiger partial charge is 0.397 e. The highest BCUT2D eigenvalue weighted by Crippen LogP contribution is 2.23. The maximum atomic E-state index is 12.2. The molecule has 0 aliphatic carbocycles. The number of carbonyl (C=O) groups excluding carboxylic acids is 1. The van der Waals surface area contributed by atoms with Crippen LogP contribution in [0.3, 0.4) is 0 Å². The number of amides is 1. The molecule has 9 heteroatoms. The van der Waals surface area contributed by atoms with E-state index < -0.39 is 18.5 Å². The van der Waals surface area contributed by atoms with E-state index in [4.69, 9.17) is 4.74 Å². The van der Waals surface area contributed by atoms with Gasteiger partial charge >= 0.3 is 6.18 Å². The van der Waals surface area contributed by atoms with E-state index in [1.165, 1.54) is 11.1 Å². The first-order chi connectivity index (χ1) is 10.2. The Kier molecular flexibility index (Phi) is 4.72. The van der Waals surface area contributed by atoms with Crippen LogP contribution < -0.4 is 9.64 Å².